The van der Waals surface area contributed by atoms with Crippen molar-refractivity contribution in [3.8, 4) is 0 Å². The second-order valence-electron chi connectivity index (χ2n) is 3.81. The van der Waals surface area contributed by atoms with Crippen LogP contribution < -0.4 is 5.32 Å². The molecule has 2 aromatic heterocycles. The van der Waals surface area contributed by atoms with Gasteiger partial charge in [-0.15, -0.1) is 0 Å². The summed E-state index contributed by atoms with van der Waals surface area (Å²) in [5.41, 5.74) is 0.860. The first-order chi connectivity index (χ1) is 9.08. The van der Waals surface area contributed by atoms with E-state index in [-0.39, 0.29) is 17.9 Å². The first-order valence-electron chi connectivity index (χ1n) is 5.41. The SMILES string of the molecule is O=C(O)c1cc(Br)cnc1NCC(O)c1ccsc1. The number of carboxylic acid groups (broad SMARTS) is 1. The number of nitrogens with one attached hydrogen (secondary N) is 1. The Morgan fingerprint density at radius 3 is 3.00 bits per heavy atom. The smallest absolute Gasteiger partial charge is 0.339 e. The maximum absolute atomic E-state index is 11.1. The van der Waals surface area contributed by atoms with E-state index in [0.717, 1.165) is 5.56 Å². The number of pyridine rings is 1. The van der Waals surface area contributed by atoms with Gasteiger partial charge >= 0.3 is 5.97 Å². The number of aliphatic hydroxyl groups is 1. The van der Waals surface area contributed by atoms with Crippen molar-refractivity contribution in [1.29, 1.82) is 0 Å². The van der Waals surface area contributed by atoms with Crippen LogP contribution in [0.4, 0.5) is 5.82 Å². The number of thiophene rings is 1. The van der Waals surface area contributed by atoms with Crippen molar-refractivity contribution in [1.82, 2.24) is 4.98 Å². The second-order valence-corrected chi connectivity index (χ2v) is 5.50. The summed E-state index contributed by atoms with van der Waals surface area (Å²) in [5.74, 6) is -0.827. The van der Waals surface area contributed by atoms with E-state index in [4.69, 9.17) is 5.11 Å². The molecule has 0 bridgehead atoms. The van der Waals surface area contributed by atoms with Crippen LogP contribution in [0, 0.1) is 0 Å². The highest BCUT2D eigenvalue weighted by Crippen LogP contribution is 2.20. The molecular weight excluding hydrogens is 332 g/mol. The Morgan fingerprint density at radius 1 is 1.58 bits per heavy atom. The van der Waals surface area contributed by atoms with Gasteiger partial charge in [-0.05, 0) is 44.4 Å². The maximum Gasteiger partial charge on any atom is 0.339 e. The minimum Gasteiger partial charge on any atom is -0.478 e. The van der Waals surface area contributed by atoms with Crippen LogP contribution in [0.3, 0.4) is 0 Å². The number of aromatic nitrogens is 1. The van der Waals surface area contributed by atoms with Gasteiger partial charge in [0.1, 0.15) is 11.4 Å². The first-order valence-corrected chi connectivity index (χ1v) is 7.14. The molecule has 2 rings (SSSR count). The van der Waals surface area contributed by atoms with Gasteiger partial charge in [-0.25, -0.2) is 9.78 Å². The Kier molecular flexibility index (Phi) is 4.52. The normalized spacial score (nSPS) is 12.1. The van der Waals surface area contributed by atoms with Gasteiger partial charge in [-0.2, -0.15) is 11.3 Å². The highest BCUT2D eigenvalue weighted by atomic mass is 79.9. The summed E-state index contributed by atoms with van der Waals surface area (Å²) in [6.45, 7) is 0.200. The monoisotopic (exact) mass is 342 g/mol. The number of carboxylic acids is 1. The number of hydrogen-bond donors (Lipinski definition) is 3. The number of aliphatic hydroxyl groups excluding tert-OH is 1. The van der Waals surface area contributed by atoms with Crippen molar-refractivity contribution < 1.29 is 15.0 Å². The van der Waals surface area contributed by atoms with Crippen LogP contribution >= 0.6 is 27.3 Å². The standard InChI is InChI=1S/C12H11BrN2O3S/c13-8-3-9(12(17)18)11(14-4-8)15-5-10(16)7-1-2-19-6-7/h1-4,6,10,16H,5H2,(H,14,15)(H,17,18). The van der Waals surface area contributed by atoms with Gasteiger partial charge in [0, 0.05) is 17.2 Å². The van der Waals surface area contributed by atoms with Crippen LogP contribution in [0.25, 0.3) is 0 Å². The van der Waals surface area contributed by atoms with Crippen LogP contribution in [0.15, 0.2) is 33.6 Å². The zero-order valence-electron chi connectivity index (χ0n) is 9.71. The van der Waals surface area contributed by atoms with Crippen molar-refractivity contribution in [2.24, 2.45) is 0 Å². The number of anilines is 1. The molecule has 0 saturated carbocycles. The van der Waals surface area contributed by atoms with Gasteiger partial charge in [-0.1, -0.05) is 0 Å². The van der Waals surface area contributed by atoms with Gasteiger partial charge in [0.25, 0.3) is 0 Å². The molecule has 1 unspecified atom stereocenters. The summed E-state index contributed by atoms with van der Waals surface area (Å²) < 4.78 is 0.592. The molecule has 0 aliphatic carbocycles. The highest BCUT2D eigenvalue weighted by Gasteiger charge is 2.14. The lowest BCUT2D eigenvalue weighted by atomic mass is 10.2. The number of carbonyl (C=O) groups is 1. The molecule has 19 heavy (non-hydrogen) atoms. The minimum atomic E-state index is -1.07. The molecule has 3 N–H and O–H groups in total. The van der Waals surface area contributed by atoms with E-state index >= 15 is 0 Å². The van der Waals surface area contributed by atoms with Crippen molar-refractivity contribution in [3.63, 3.8) is 0 Å². The fraction of sp³-hybridized carbons (Fsp3) is 0.167. The molecule has 0 fully saturated rings. The molecule has 100 valence electrons. The summed E-state index contributed by atoms with van der Waals surface area (Å²) >= 11 is 4.67. The number of hydrogen-bond acceptors (Lipinski definition) is 5. The third-order valence-electron chi connectivity index (χ3n) is 2.48. The van der Waals surface area contributed by atoms with Gasteiger partial charge < -0.3 is 15.5 Å². The molecule has 0 saturated heterocycles. The van der Waals surface area contributed by atoms with E-state index in [1.807, 2.05) is 16.8 Å². The number of nitrogens with zero attached hydrogens (tertiary/aromatic N) is 1. The molecule has 7 heteroatoms. The zero-order valence-corrected chi connectivity index (χ0v) is 12.1. The quantitative estimate of drug-likeness (QED) is 0.778. The van der Waals surface area contributed by atoms with Crippen LogP contribution in [0.5, 0.6) is 0 Å². The van der Waals surface area contributed by atoms with Crippen LogP contribution in [0.2, 0.25) is 0 Å². The molecule has 0 aromatic carbocycles. The van der Waals surface area contributed by atoms with E-state index < -0.39 is 12.1 Å². The molecule has 2 aromatic rings. The molecule has 0 aliphatic heterocycles. The van der Waals surface area contributed by atoms with E-state index in [9.17, 15) is 9.90 Å². The molecule has 0 spiro atoms. The maximum atomic E-state index is 11.1. The van der Waals surface area contributed by atoms with Gasteiger partial charge in [0.05, 0.1) is 6.10 Å². The molecule has 0 radical (unpaired) electrons. The van der Waals surface area contributed by atoms with Gasteiger partial charge in [-0.3, -0.25) is 0 Å². The summed E-state index contributed by atoms with van der Waals surface area (Å²) in [4.78, 5) is 15.1. The highest BCUT2D eigenvalue weighted by molar-refractivity contribution is 9.10. The summed E-state index contributed by atoms with van der Waals surface area (Å²) in [6.07, 6.45) is 0.810. The van der Waals surface area contributed by atoms with Gasteiger partial charge in [0.15, 0.2) is 0 Å². The largest absolute Gasteiger partial charge is 0.478 e. The van der Waals surface area contributed by atoms with Crippen LogP contribution in [-0.2, 0) is 0 Å². The Hall–Kier alpha value is -1.44. The summed E-state index contributed by atoms with van der Waals surface area (Å²) in [7, 11) is 0. The minimum absolute atomic E-state index is 0.0619. The van der Waals surface area contributed by atoms with E-state index in [0.29, 0.717) is 4.47 Å². The topological polar surface area (TPSA) is 82.5 Å². The molecule has 0 aliphatic rings. The molecule has 0 amide bonds. The molecule has 1 atom stereocenters. The Bertz CT molecular complexity index is 574. The Balaban J connectivity index is 2.09. The Labute approximate surface area is 122 Å². The van der Waals surface area contributed by atoms with Gasteiger partial charge in [0.2, 0.25) is 0 Å². The third-order valence-corrected chi connectivity index (χ3v) is 3.61. The average Bonchev–Trinajstić information content (AvgIpc) is 2.90. The van der Waals surface area contributed by atoms with E-state index in [2.05, 4.69) is 26.2 Å². The molecular formula is C12H11BrN2O3S. The fourth-order valence-corrected chi connectivity index (χ4v) is 2.56. The van der Waals surface area contributed by atoms with E-state index in [1.165, 1.54) is 23.6 Å². The summed E-state index contributed by atoms with van der Waals surface area (Å²) in [5, 5.41) is 25.6. The second kappa shape index (κ2) is 6.14. The molecule has 5 nitrogen and oxygen atoms in total. The first kappa shape index (κ1) is 14.0. The zero-order chi connectivity index (χ0) is 13.8. The van der Waals surface area contributed by atoms with Crippen LogP contribution in [-0.4, -0.2) is 27.7 Å². The van der Waals surface area contributed by atoms with Crippen molar-refractivity contribution in [3.05, 3.63) is 44.7 Å². The number of aromatic carboxylic acids is 1. The predicted octanol–water partition coefficient (Wildman–Crippen LogP) is 2.75. The van der Waals surface area contributed by atoms with Crippen molar-refractivity contribution in [2.45, 2.75) is 6.10 Å². The Morgan fingerprint density at radius 2 is 2.37 bits per heavy atom. The lowest BCUT2D eigenvalue weighted by Crippen LogP contribution is -2.15. The van der Waals surface area contributed by atoms with Crippen LogP contribution in [0.1, 0.15) is 22.0 Å². The summed E-state index contributed by atoms with van der Waals surface area (Å²) in [6, 6.07) is 3.29. The fourth-order valence-electron chi connectivity index (χ4n) is 1.52. The number of halogens is 1. The lowest BCUT2D eigenvalue weighted by molar-refractivity contribution is 0.0697. The predicted molar refractivity (Wildman–Crippen MR) is 76.7 cm³/mol. The van der Waals surface area contributed by atoms with Crippen molar-refractivity contribution in [2.75, 3.05) is 11.9 Å². The lowest BCUT2D eigenvalue weighted by Gasteiger charge is -2.12. The third kappa shape index (κ3) is 3.52. The van der Waals surface area contributed by atoms with Crippen molar-refractivity contribution >= 4 is 39.1 Å². The molecule has 2 heterocycles. The number of rotatable bonds is 5. The van der Waals surface area contributed by atoms with E-state index in [1.54, 1.807) is 0 Å². The average molecular weight is 343 g/mol.